The van der Waals surface area contributed by atoms with Gasteiger partial charge >= 0.3 is 11.9 Å². The molecule has 2 atom stereocenters. The van der Waals surface area contributed by atoms with Crippen LogP contribution in [0.3, 0.4) is 0 Å². The van der Waals surface area contributed by atoms with Crippen molar-refractivity contribution in [2.45, 2.75) is 24.9 Å². The number of esters is 1. The van der Waals surface area contributed by atoms with Gasteiger partial charge in [-0.3, -0.25) is 9.59 Å². The van der Waals surface area contributed by atoms with Crippen LogP contribution in [0.2, 0.25) is 0 Å². The fourth-order valence-corrected chi connectivity index (χ4v) is 0.774. The quantitative estimate of drug-likeness (QED) is 0.366. The molecule has 0 bridgehead atoms. The molecule has 0 radical (unpaired) electrons. The summed E-state index contributed by atoms with van der Waals surface area (Å²) >= 11 is 0. The largest absolute Gasteiger partial charge is 0.480 e. The number of aliphatic hydroxyl groups is 1. The number of aliphatic carboxylic acids is 1. The first-order chi connectivity index (χ1) is 6.99. The molecule has 0 heterocycles. The lowest BCUT2D eigenvalue weighted by Crippen LogP contribution is -2.35. The number of ether oxygens (including phenoxy) is 1. The van der Waals surface area contributed by atoms with E-state index in [-0.39, 0.29) is 26.1 Å². The molecule has 0 saturated carbocycles. The number of carbonyl (C=O) groups excluding carboxylic acids is 1. The average Bonchev–Trinajstić information content (AvgIpc) is 2.17. The van der Waals surface area contributed by atoms with Crippen molar-refractivity contribution in [2.75, 3.05) is 13.2 Å². The second kappa shape index (κ2) is 7.16. The van der Waals surface area contributed by atoms with E-state index in [0.717, 1.165) is 0 Å². The van der Waals surface area contributed by atoms with E-state index < -0.39 is 24.0 Å². The van der Waals surface area contributed by atoms with E-state index in [1.165, 1.54) is 0 Å². The van der Waals surface area contributed by atoms with Crippen LogP contribution in [0.15, 0.2) is 0 Å². The van der Waals surface area contributed by atoms with Gasteiger partial charge in [0, 0.05) is 13.0 Å². The molecule has 0 aromatic carbocycles. The fraction of sp³-hybridized carbons (Fsp3) is 0.750. The molecule has 88 valence electrons. The van der Waals surface area contributed by atoms with Crippen LogP contribution < -0.4 is 11.5 Å². The van der Waals surface area contributed by atoms with Gasteiger partial charge in [0.05, 0.1) is 6.61 Å². The molecule has 7 nitrogen and oxygen atoms in total. The first-order valence-electron chi connectivity index (χ1n) is 4.50. The number of hydrogen-bond acceptors (Lipinski definition) is 6. The van der Waals surface area contributed by atoms with E-state index in [4.69, 9.17) is 21.7 Å². The summed E-state index contributed by atoms with van der Waals surface area (Å²) in [4.78, 5) is 21.3. The van der Waals surface area contributed by atoms with Crippen LogP contribution in [0.25, 0.3) is 0 Å². The normalized spacial score (nSPS) is 14.3. The maximum Gasteiger partial charge on any atom is 0.322 e. The summed E-state index contributed by atoms with van der Waals surface area (Å²) in [5.41, 5.74) is 10.5. The Morgan fingerprint density at radius 3 is 2.27 bits per heavy atom. The third kappa shape index (κ3) is 6.00. The molecular formula is C8H16N2O5. The van der Waals surface area contributed by atoms with Gasteiger partial charge in [0.25, 0.3) is 0 Å². The van der Waals surface area contributed by atoms with Gasteiger partial charge < -0.3 is 26.4 Å². The Kier molecular flexibility index (Phi) is 6.59. The monoisotopic (exact) mass is 220 g/mol. The van der Waals surface area contributed by atoms with Gasteiger partial charge in [-0.05, 0) is 6.42 Å². The lowest BCUT2D eigenvalue weighted by atomic mass is 10.2. The molecule has 6 N–H and O–H groups in total. The predicted molar refractivity (Wildman–Crippen MR) is 50.9 cm³/mol. The van der Waals surface area contributed by atoms with Crippen molar-refractivity contribution < 1.29 is 24.5 Å². The molecule has 0 fully saturated rings. The predicted octanol–water partition coefficient (Wildman–Crippen LogP) is -1.96. The van der Waals surface area contributed by atoms with Crippen molar-refractivity contribution >= 4 is 11.9 Å². The molecule has 0 aromatic heterocycles. The van der Waals surface area contributed by atoms with E-state index in [9.17, 15) is 9.59 Å². The number of carbonyl (C=O) groups is 2. The highest BCUT2D eigenvalue weighted by atomic mass is 16.5. The lowest BCUT2D eigenvalue weighted by Gasteiger charge is -2.11. The fourth-order valence-electron chi connectivity index (χ4n) is 0.774. The number of carboxylic acids is 1. The van der Waals surface area contributed by atoms with E-state index in [0.29, 0.717) is 0 Å². The zero-order valence-corrected chi connectivity index (χ0v) is 8.26. The van der Waals surface area contributed by atoms with Gasteiger partial charge in [-0.25, -0.2) is 0 Å². The topological polar surface area (TPSA) is 136 Å². The van der Waals surface area contributed by atoms with E-state index >= 15 is 0 Å². The standard InChI is InChI=1S/C8H16N2O5/c9-5(7(12)13)2-4-15-8(14)6(10)1-3-11/h5-6,11H,1-4,9-10H2,(H,12,13)/t5-,6-/m0/s1. The van der Waals surface area contributed by atoms with Crippen molar-refractivity contribution in [3.63, 3.8) is 0 Å². The molecule has 0 aromatic rings. The van der Waals surface area contributed by atoms with Crippen LogP contribution in [0.4, 0.5) is 0 Å². The number of rotatable bonds is 7. The van der Waals surface area contributed by atoms with Gasteiger partial charge in [-0.15, -0.1) is 0 Å². The van der Waals surface area contributed by atoms with E-state index in [1.54, 1.807) is 0 Å². The molecule has 0 aliphatic heterocycles. The summed E-state index contributed by atoms with van der Waals surface area (Å²) in [6.45, 7) is -0.295. The zero-order valence-electron chi connectivity index (χ0n) is 8.26. The Morgan fingerprint density at radius 2 is 1.80 bits per heavy atom. The summed E-state index contributed by atoms with van der Waals surface area (Å²) in [5, 5.41) is 16.9. The average molecular weight is 220 g/mol. The van der Waals surface area contributed by atoms with Crippen molar-refractivity contribution in [1.82, 2.24) is 0 Å². The number of aliphatic hydroxyl groups excluding tert-OH is 1. The number of hydrogen-bond donors (Lipinski definition) is 4. The smallest absolute Gasteiger partial charge is 0.322 e. The molecule has 0 amide bonds. The molecule has 0 aliphatic carbocycles. The van der Waals surface area contributed by atoms with Crippen LogP contribution in [0.5, 0.6) is 0 Å². The van der Waals surface area contributed by atoms with Gasteiger partial charge in [-0.2, -0.15) is 0 Å². The summed E-state index contributed by atoms with van der Waals surface area (Å²) in [5.74, 6) is -1.81. The van der Waals surface area contributed by atoms with Crippen LogP contribution >= 0.6 is 0 Å². The van der Waals surface area contributed by atoms with Crippen molar-refractivity contribution in [3.8, 4) is 0 Å². The molecule has 7 heteroatoms. The Labute approximate surface area is 87.0 Å². The Morgan fingerprint density at radius 1 is 1.20 bits per heavy atom. The molecule has 15 heavy (non-hydrogen) atoms. The van der Waals surface area contributed by atoms with Gasteiger partial charge in [-0.1, -0.05) is 0 Å². The van der Waals surface area contributed by atoms with Gasteiger partial charge in [0.15, 0.2) is 0 Å². The Bertz CT molecular complexity index is 221. The second-order valence-electron chi connectivity index (χ2n) is 3.02. The molecular weight excluding hydrogens is 204 g/mol. The lowest BCUT2D eigenvalue weighted by molar-refractivity contribution is -0.147. The van der Waals surface area contributed by atoms with Crippen molar-refractivity contribution in [1.29, 1.82) is 0 Å². The Balaban J connectivity index is 3.67. The highest BCUT2D eigenvalue weighted by Gasteiger charge is 2.16. The first kappa shape index (κ1) is 13.8. The summed E-state index contributed by atoms with van der Waals surface area (Å²) in [6, 6.07) is -1.93. The minimum atomic E-state index is -1.15. The van der Waals surface area contributed by atoms with Crippen LogP contribution in [0, 0.1) is 0 Å². The van der Waals surface area contributed by atoms with Crippen LogP contribution in [-0.4, -0.2) is 47.4 Å². The summed E-state index contributed by atoms with van der Waals surface area (Å²) in [6.07, 6.45) is 0.150. The third-order valence-electron chi connectivity index (χ3n) is 1.73. The molecule has 0 unspecified atom stereocenters. The summed E-state index contributed by atoms with van der Waals surface area (Å²) in [7, 11) is 0. The molecule has 0 saturated heterocycles. The first-order valence-corrected chi connectivity index (χ1v) is 4.50. The van der Waals surface area contributed by atoms with Crippen molar-refractivity contribution in [2.24, 2.45) is 11.5 Å². The summed E-state index contributed by atoms with van der Waals surface area (Å²) < 4.78 is 4.66. The molecule has 0 spiro atoms. The Hall–Kier alpha value is -1.18. The van der Waals surface area contributed by atoms with Gasteiger partial charge in [0.2, 0.25) is 0 Å². The minimum absolute atomic E-state index is 0.0346. The van der Waals surface area contributed by atoms with Crippen LogP contribution in [-0.2, 0) is 14.3 Å². The molecule has 0 rings (SSSR count). The highest BCUT2D eigenvalue weighted by Crippen LogP contribution is 1.95. The second-order valence-corrected chi connectivity index (χ2v) is 3.02. The highest BCUT2D eigenvalue weighted by molar-refractivity contribution is 5.75. The maximum absolute atomic E-state index is 11.0. The maximum atomic E-state index is 11.0. The van der Waals surface area contributed by atoms with E-state index in [2.05, 4.69) is 4.74 Å². The minimum Gasteiger partial charge on any atom is -0.480 e. The van der Waals surface area contributed by atoms with E-state index in [1.807, 2.05) is 0 Å². The third-order valence-corrected chi connectivity index (χ3v) is 1.73. The van der Waals surface area contributed by atoms with Crippen LogP contribution in [0.1, 0.15) is 12.8 Å². The van der Waals surface area contributed by atoms with Gasteiger partial charge in [0.1, 0.15) is 12.1 Å². The SMILES string of the molecule is N[C@@H](CCOC(=O)[C@@H](N)CCO)C(=O)O. The number of carboxylic acid groups (broad SMARTS) is 1. The van der Waals surface area contributed by atoms with Crippen molar-refractivity contribution in [3.05, 3.63) is 0 Å². The zero-order chi connectivity index (χ0) is 11.8. The number of nitrogens with two attached hydrogens (primary N) is 2. The molecule has 0 aliphatic rings.